The van der Waals surface area contributed by atoms with E-state index in [1.165, 1.54) is 0 Å². The minimum absolute atomic E-state index is 0.0324. The van der Waals surface area contributed by atoms with Crippen LogP contribution in [0.15, 0.2) is 67.0 Å². The highest BCUT2D eigenvalue weighted by atomic mass is 35.5. The summed E-state index contributed by atoms with van der Waals surface area (Å²) in [5, 5.41) is 6.91. The van der Waals surface area contributed by atoms with Crippen molar-refractivity contribution in [1.29, 1.82) is 0 Å². The monoisotopic (exact) mass is 408 g/mol. The van der Waals surface area contributed by atoms with Crippen molar-refractivity contribution in [3.8, 4) is 17.1 Å². The van der Waals surface area contributed by atoms with Gasteiger partial charge in [0.25, 0.3) is 5.91 Å². The van der Waals surface area contributed by atoms with Crippen LogP contribution >= 0.6 is 11.6 Å². The summed E-state index contributed by atoms with van der Waals surface area (Å²) in [6, 6.07) is 17.3. The highest BCUT2D eigenvalue weighted by Gasteiger charge is 2.26. The normalized spacial score (nSPS) is 18.4. The molecule has 29 heavy (non-hydrogen) atoms. The van der Waals surface area contributed by atoms with Gasteiger partial charge in [0.15, 0.2) is 0 Å². The van der Waals surface area contributed by atoms with Crippen molar-refractivity contribution in [2.45, 2.75) is 18.6 Å². The summed E-state index contributed by atoms with van der Waals surface area (Å²) in [5.74, 6) is -0.118. The van der Waals surface area contributed by atoms with Crippen LogP contribution < -0.4 is 15.4 Å². The van der Waals surface area contributed by atoms with E-state index >= 15 is 0 Å². The third kappa shape index (κ3) is 5.10. The lowest BCUT2D eigenvalue weighted by molar-refractivity contribution is 0.0949. The lowest BCUT2D eigenvalue weighted by Gasteiger charge is -2.13. The van der Waals surface area contributed by atoms with Crippen LogP contribution in [0.2, 0.25) is 5.02 Å². The highest BCUT2D eigenvalue weighted by Crippen LogP contribution is 2.19. The van der Waals surface area contributed by atoms with Gasteiger partial charge in [-0.1, -0.05) is 41.9 Å². The Kier molecular flexibility index (Phi) is 6.03. The lowest BCUT2D eigenvalue weighted by Crippen LogP contribution is -2.37. The van der Waals surface area contributed by atoms with Crippen LogP contribution in [0.25, 0.3) is 11.1 Å². The van der Waals surface area contributed by atoms with Crippen LogP contribution in [0.5, 0.6) is 6.01 Å². The Hall–Kier alpha value is -2.96. The van der Waals surface area contributed by atoms with E-state index < -0.39 is 0 Å². The van der Waals surface area contributed by atoms with E-state index in [1.807, 2.05) is 30.3 Å². The van der Waals surface area contributed by atoms with Crippen LogP contribution in [0.3, 0.4) is 0 Å². The number of halogens is 1. The van der Waals surface area contributed by atoms with E-state index in [0.717, 1.165) is 17.5 Å². The number of amides is 1. The van der Waals surface area contributed by atoms with E-state index in [9.17, 15) is 4.79 Å². The summed E-state index contributed by atoms with van der Waals surface area (Å²) in [5.41, 5.74) is 2.61. The van der Waals surface area contributed by atoms with Gasteiger partial charge >= 0.3 is 6.01 Å². The van der Waals surface area contributed by atoms with Crippen LogP contribution in [0.1, 0.15) is 16.8 Å². The zero-order valence-electron chi connectivity index (χ0n) is 15.7. The number of rotatable bonds is 6. The Morgan fingerprint density at radius 3 is 2.52 bits per heavy atom. The molecule has 1 aromatic heterocycles. The molecule has 4 rings (SSSR count). The topological polar surface area (TPSA) is 76.1 Å². The average molecular weight is 409 g/mol. The molecule has 2 atom stereocenters. The molecule has 2 aromatic carbocycles. The van der Waals surface area contributed by atoms with Gasteiger partial charge in [-0.25, -0.2) is 9.97 Å². The zero-order valence-corrected chi connectivity index (χ0v) is 16.5. The van der Waals surface area contributed by atoms with Crippen molar-refractivity contribution in [1.82, 2.24) is 20.6 Å². The number of carbonyl (C=O) groups excluding carboxylic acids is 1. The maximum atomic E-state index is 12.2. The molecule has 6 nitrogen and oxygen atoms in total. The Morgan fingerprint density at radius 1 is 1.07 bits per heavy atom. The minimum Gasteiger partial charge on any atom is -0.459 e. The maximum Gasteiger partial charge on any atom is 0.316 e. The predicted octanol–water partition coefficient (Wildman–Crippen LogP) is 3.34. The van der Waals surface area contributed by atoms with Crippen molar-refractivity contribution < 1.29 is 9.53 Å². The van der Waals surface area contributed by atoms with Gasteiger partial charge in [-0.05, 0) is 29.8 Å². The van der Waals surface area contributed by atoms with Gasteiger partial charge < -0.3 is 15.4 Å². The van der Waals surface area contributed by atoms with Crippen molar-refractivity contribution in [2.75, 3.05) is 13.1 Å². The predicted molar refractivity (Wildman–Crippen MR) is 112 cm³/mol. The number of carbonyl (C=O) groups is 1. The lowest BCUT2D eigenvalue weighted by atomic mass is 10.1. The fraction of sp³-hybridized carbons (Fsp3) is 0.227. The second-order valence-electron chi connectivity index (χ2n) is 6.92. The molecule has 0 saturated carbocycles. The Labute approximate surface area is 174 Å². The van der Waals surface area contributed by atoms with Gasteiger partial charge in [0.1, 0.15) is 6.10 Å². The first-order chi connectivity index (χ1) is 14.2. The average Bonchev–Trinajstić information content (AvgIpc) is 3.21. The molecular weight excluding hydrogens is 388 g/mol. The molecule has 2 heterocycles. The third-order valence-corrected chi connectivity index (χ3v) is 5.06. The van der Waals surface area contributed by atoms with Crippen molar-refractivity contribution in [3.63, 3.8) is 0 Å². The molecular formula is C22H21ClN4O2. The molecule has 0 spiro atoms. The summed E-state index contributed by atoms with van der Waals surface area (Å²) in [6.45, 7) is 1.21. The van der Waals surface area contributed by atoms with Gasteiger partial charge in [-0.2, -0.15) is 0 Å². The zero-order chi connectivity index (χ0) is 20.1. The SMILES string of the molecule is O=C(NC[C@H]1C[C@@H](Oc2ncc(-c3ccccc3)cn2)CN1)c1ccc(Cl)cc1. The number of aromatic nitrogens is 2. The van der Waals surface area contributed by atoms with Gasteiger partial charge in [0.2, 0.25) is 0 Å². The molecule has 2 N–H and O–H groups in total. The molecule has 148 valence electrons. The third-order valence-electron chi connectivity index (χ3n) is 4.80. The molecule has 0 bridgehead atoms. The van der Waals surface area contributed by atoms with E-state index in [0.29, 0.717) is 29.7 Å². The molecule has 1 aliphatic rings. The second-order valence-corrected chi connectivity index (χ2v) is 7.35. The smallest absolute Gasteiger partial charge is 0.316 e. The number of nitrogens with zero attached hydrogens (tertiary/aromatic N) is 2. The molecule has 0 aliphatic carbocycles. The van der Waals surface area contributed by atoms with E-state index in [4.69, 9.17) is 16.3 Å². The largest absolute Gasteiger partial charge is 0.459 e. The molecule has 3 aromatic rings. The maximum absolute atomic E-state index is 12.2. The van der Waals surface area contributed by atoms with Gasteiger partial charge in [-0.3, -0.25) is 4.79 Å². The molecule has 0 unspecified atom stereocenters. The minimum atomic E-state index is -0.118. The first kappa shape index (κ1) is 19.4. The molecule has 1 aliphatic heterocycles. The van der Waals surface area contributed by atoms with Crippen molar-refractivity contribution >= 4 is 17.5 Å². The Morgan fingerprint density at radius 2 is 1.79 bits per heavy atom. The van der Waals surface area contributed by atoms with Crippen LogP contribution in [-0.2, 0) is 0 Å². The molecule has 0 radical (unpaired) electrons. The summed E-state index contributed by atoms with van der Waals surface area (Å²) in [7, 11) is 0. The van der Waals surface area contributed by atoms with E-state index in [-0.39, 0.29) is 18.1 Å². The quantitative estimate of drug-likeness (QED) is 0.654. The van der Waals surface area contributed by atoms with Crippen LogP contribution in [0.4, 0.5) is 0 Å². The van der Waals surface area contributed by atoms with Gasteiger partial charge in [0.05, 0.1) is 0 Å². The van der Waals surface area contributed by atoms with E-state index in [2.05, 4.69) is 20.6 Å². The highest BCUT2D eigenvalue weighted by molar-refractivity contribution is 6.30. The number of hydrogen-bond donors (Lipinski definition) is 2. The van der Waals surface area contributed by atoms with Crippen LogP contribution in [0, 0.1) is 0 Å². The summed E-state index contributed by atoms with van der Waals surface area (Å²) in [4.78, 5) is 20.8. The number of nitrogens with one attached hydrogen (secondary N) is 2. The van der Waals surface area contributed by atoms with E-state index in [1.54, 1.807) is 36.7 Å². The van der Waals surface area contributed by atoms with Gasteiger partial charge in [-0.15, -0.1) is 0 Å². The van der Waals surface area contributed by atoms with Crippen molar-refractivity contribution in [3.05, 3.63) is 77.6 Å². The summed E-state index contributed by atoms with van der Waals surface area (Å²) in [6.07, 6.45) is 4.27. The molecule has 7 heteroatoms. The number of benzene rings is 2. The number of ether oxygens (including phenoxy) is 1. The standard InChI is InChI=1S/C22H21ClN4O2/c23-18-8-6-16(7-9-18)21(28)25-13-19-10-20(14-24-19)29-22-26-11-17(12-27-22)15-4-2-1-3-5-15/h1-9,11-12,19-20,24H,10,13-14H2,(H,25,28)/t19-,20-/m1/s1. The fourth-order valence-electron chi connectivity index (χ4n) is 3.25. The Balaban J connectivity index is 1.25. The molecule has 1 saturated heterocycles. The summed E-state index contributed by atoms with van der Waals surface area (Å²) >= 11 is 5.85. The summed E-state index contributed by atoms with van der Waals surface area (Å²) < 4.78 is 5.89. The fourth-order valence-corrected chi connectivity index (χ4v) is 3.38. The van der Waals surface area contributed by atoms with Crippen molar-refractivity contribution in [2.24, 2.45) is 0 Å². The second kappa shape index (κ2) is 9.03. The van der Waals surface area contributed by atoms with Gasteiger partial charge in [0, 0.05) is 54.1 Å². The van der Waals surface area contributed by atoms with Crippen LogP contribution in [-0.4, -0.2) is 41.1 Å². The molecule has 1 fully saturated rings. The first-order valence-electron chi connectivity index (χ1n) is 9.48. The first-order valence-corrected chi connectivity index (χ1v) is 9.86. The molecule has 1 amide bonds. The Bertz CT molecular complexity index is 949. The number of hydrogen-bond acceptors (Lipinski definition) is 5.